The minimum atomic E-state index is -4.31. The minimum Gasteiger partial charge on any atom is -0.388 e. The van der Waals surface area contributed by atoms with Crippen LogP contribution in [0.15, 0.2) is 17.1 Å². The maximum Gasteiger partial charge on any atom is 0.269 e. The molecule has 1 saturated heterocycles. The second-order valence-corrected chi connectivity index (χ2v) is 10.2. The van der Waals surface area contributed by atoms with E-state index in [0.717, 1.165) is 18.5 Å². The van der Waals surface area contributed by atoms with E-state index < -0.39 is 52.1 Å². The van der Waals surface area contributed by atoms with Crippen molar-refractivity contribution in [3.8, 4) is 0 Å². The number of anilines is 1. The van der Waals surface area contributed by atoms with Crippen molar-refractivity contribution in [1.82, 2.24) is 18.8 Å². The van der Waals surface area contributed by atoms with Crippen molar-refractivity contribution in [1.29, 1.82) is 0 Å². The standard InChI is InChI=1S/C20H27F2N5O4S/c1-20(29)7-3-4-15(20)27-17-12(10-14(16(21)22)18(27)28)11-23-19(25-17)24-13-5-8-26(9-6-13)32(2,30)31/h10-11,13,15-16,29H,3-9H2,1-2H3,(H,23,24,25)/t15-,20-/m0/s1/i1D3,13D,16D. The van der Waals surface area contributed by atoms with Gasteiger partial charge >= 0.3 is 0 Å². The molecule has 4 rings (SSSR count). The predicted molar refractivity (Wildman–Crippen MR) is 115 cm³/mol. The van der Waals surface area contributed by atoms with E-state index in [1.807, 2.05) is 0 Å². The number of rotatable bonds is 5. The Hall–Kier alpha value is -2.18. The maximum absolute atomic E-state index is 14.0. The van der Waals surface area contributed by atoms with E-state index in [1.165, 1.54) is 4.31 Å². The van der Waals surface area contributed by atoms with Gasteiger partial charge in [-0.1, -0.05) is 0 Å². The van der Waals surface area contributed by atoms with Crippen molar-refractivity contribution in [2.24, 2.45) is 0 Å². The number of fused-ring (bicyclic) bond motifs is 1. The Morgan fingerprint density at radius 2 is 2.12 bits per heavy atom. The highest BCUT2D eigenvalue weighted by molar-refractivity contribution is 7.88. The smallest absolute Gasteiger partial charge is 0.269 e. The maximum atomic E-state index is 14.0. The SMILES string of the molecule is [2H]C1(Nc2ncc3cc(C([2H])(F)F)c(=O)n([C@H]4CCC[C@@]4(O)C([2H])([2H])[2H])c3n2)CCN(S(C)(=O)=O)CC1. The summed E-state index contributed by atoms with van der Waals surface area (Å²) in [4.78, 5) is 21.5. The molecule has 0 radical (unpaired) electrons. The van der Waals surface area contributed by atoms with Gasteiger partial charge in [-0.05, 0) is 45.0 Å². The summed E-state index contributed by atoms with van der Waals surface area (Å²) < 4.78 is 92.9. The van der Waals surface area contributed by atoms with Gasteiger partial charge in [0.05, 0.1) is 24.8 Å². The highest BCUT2D eigenvalue weighted by Gasteiger charge is 2.40. The molecule has 0 unspecified atom stereocenters. The summed E-state index contributed by atoms with van der Waals surface area (Å²) in [6, 6.07) is -2.04. The molecule has 9 nitrogen and oxygen atoms in total. The van der Waals surface area contributed by atoms with Gasteiger partial charge in [-0.3, -0.25) is 9.36 Å². The largest absolute Gasteiger partial charge is 0.388 e. The molecule has 3 heterocycles. The number of sulfonamides is 1. The van der Waals surface area contributed by atoms with Crippen LogP contribution in [0.5, 0.6) is 0 Å². The van der Waals surface area contributed by atoms with E-state index >= 15 is 0 Å². The molecule has 32 heavy (non-hydrogen) atoms. The number of piperidine rings is 1. The van der Waals surface area contributed by atoms with Gasteiger partial charge in [-0.2, -0.15) is 4.98 Å². The number of aliphatic hydroxyl groups is 1. The van der Waals surface area contributed by atoms with Gasteiger partial charge in [0.2, 0.25) is 16.0 Å². The summed E-state index contributed by atoms with van der Waals surface area (Å²) >= 11 is 0. The molecule has 2 aliphatic rings. The second-order valence-electron chi connectivity index (χ2n) is 8.19. The molecule has 2 fully saturated rings. The lowest BCUT2D eigenvalue weighted by molar-refractivity contribution is 0.0261. The van der Waals surface area contributed by atoms with E-state index in [2.05, 4.69) is 15.3 Å². The van der Waals surface area contributed by atoms with E-state index in [0.29, 0.717) is 4.57 Å². The van der Waals surface area contributed by atoms with Gasteiger partial charge in [0.15, 0.2) is 0 Å². The van der Waals surface area contributed by atoms with E-state index in [1.54, 1.807) is 0 Å². The molecular formula is C20H27F2N5O4S. The third kappa shape index (κ3) is 4.35. The zero-order chi connectivity index (χ0) is 27.6. The fourth-order valence-corrected chi connectivity index (χ4v) is 5.13. The molecule has 0 spiro atoms. The highest BCUT2D eigenvalue weighted by atomic mass is 32.2. The molecule has 1 aliphatic heterocycles. The van der Waals surface area contributed by atoms with Gasteiger partial charge in [0.1, 0.15) is 7.02 Å². The lowest BCUT2D eigenvalue weighted by atomic mass is 9.99. The molecular weight excluding hydrogens is 444 g/mol. The molecule has 1 aliphatic carbocycles. The molecule has 2 atom stereocenters. The molecule has 176 valence electrons. The average molecular weight is 477 g/mol. The van der Waals surface area contributed by atoms with Crippen LogP contribution in [0.3, 0.4) is 0 Å². The van der Waals surface area contributed by atoms with Gasteiger partial charge in [-0.25, -0.2) is 26.5 Å². The lowest BCUT2D eigenvalue weighted by Crippen LogP contribution is -2.42. The molecule has 1 saturated carbocycles. The number of nitrogens with zero attached hydrogens (tertiary/aromatic N) is 4. The Kier molecular flexibility index (Phi) is 4.49. The van der Waals surface area contributed by atoms with Crippen LogP contribution in [0.1, 0.15) is 63.8 Å². The van der Waals surface area contributed by atoms with Gasteiger partial charge in [-0.15, -0.1) is 0 Å². The normalized spacial score (nSPS) is 29.6. The number of halogens is 2. The molecule has 0 aromatic carbocycles. The van der Waals surface area contributed by atoms with Crippen molar-refractivity contribution in [3.05, 3.63) is 28.2 Å². The molecule has 0 amide bonds. The van der Waals surface area contributed by atoms with Crippen molar-refractivity contribution < 1.29 is 29.2 Å². The third-order valence-electron chi connectivity index (χ3n) is 5.96. The van der Waals surface area contributed by atoms with Crippen molar-refractivity contribution in [2.45, 2.75) is 63.0 Å². The highest BCUT2D eigenvalue weighted by Crippen LogP contribution is 2.39. The van der Waals surface area contributed by atoms with Crippen molar-refractivity contribution >= 4 is 27.0 Å². The quantitative estimate of drug-likeness (QED) is 0.678. The third-order valence-corrected chi connectivity index (χ3v) is 7.26. The van der Waals surface area contributed by atoms with Crippen molar-refractivity contribution in [2.75, 3.05) is 24.7 Å². The van der Waals surface area contributed by atoms with E-state index in [9.17, 15) is 27.1 Å². The molecule has 2 aromatic heterocycles. The Labute approximate surface area is 191 Å². The van der Waals surface area contributed by atoms with Gasteiger partial charge < -0.3 is 10.4 Å². The van der Waals surface area contributed by atoms with Crippen LogP contribution in [-0.4, -0.2) is 63.3 Å². The first-order valence-electron chi connectivity index (χ1n) is 12.6. The van der Waals surface area contributed by atoms with E-state index in [-0.39, 0.29) is 62.2 Å². The van der Waals surface area contributed by atoms with Crippen LogP contribution in [-0.2, 0) is 10.0 Å². The summed E-state index contributed by atoms with van der Waals surface area (Å²) in [6.07, 6.45) is -1.97. The van der Waals surface area contributed by atoms with Crippen molar-refractivity contribution in [3.63, 3.8) is 0 Å². The Bertz CT molecular complexity index is 1380. The number of hydrogen-bond donors (Lipinski definition) is 2. The summed E-state index contributed by atoms with van der Waals surface area (Å²) in [5.41, 5.74) is -5.20. The fourth-order valence-electron chi connectivity index (χ4n) is 4.29. The zero-order valence-electron chi connectivity index (χ0n) is 22.3. The van der Waals surface area contributed by atoms with Crippen LogP contribution in [0.2, 0.25) is 0 Å². The number of nitrogens with one attached hydrogen (secondary N) is 1. The van der Waals surface area contributed by atoms with Crippen LogP contribution in [0.4, 0.5) is 14.7 Å². The van der Waals surface area contributed by atoms with Crippen LogP contribution in [0.25, 0.3) is 11.0 Å². The topological polar surface area (TPSA) is 117 Å². The fraction of sp³-hybridized carbons (Fsp3) is 0.650. The number of alkyl halides is 2. The lowest BCUT2D eigenvalue weighted by Gasteiger charge is -2.31. The number of hydrogen-bond acceptors (Lipinski definition) is 7. The van der Waals surface area contributed by atoms with Crippen LogP contribution >= 0.6 is 0 Å². The number of pyridine rings is 1. The summed E-state index contributed by atoms with van der Waals surface area (Å²) in [5.74, 6) is -0.163. The minimum absolute atomic E-state index is 0.00655. The Morgan fingerprint density at radius 3 is 2.75 bits per heavy atom. The first-order chi connectivity index (χ1) is 16.9. The number of aromatic nitrogens is 3. The van der Waals surface area contributed by atoms with Crippen LogP contribution in [0, 0.1) is 0 Å². The Morgan fingerprint density at radius 1 is 1.41 bits per heavy atom. The predicted octanol–water partition coefficient (Wildman–Crippen LogP) is 2.04. The molecule has 2 aromatic rings. The molecule has 0 bridgehead atoms. The first-order valence-corrected chi connectivity index (χ1v) is 12.0. The molecule has 2 N–H and O–H groups in total. The average Bonchev–Trinajstić information content (AvgIpc) is 3.14. The van der Waals surface area contributed by atoms with Gasteiger partial charge in [0.25, 0.3) is 12.0 Å². The molecule has 12 heteroatoms. The zero-order valence-corrected chi connectivity index (χ0v) is 18.1. The van der Waals surface area contributed by atoms with Gasteiger partial charge in [0, 0.05) is 34.8 Å². The van der Waals surface area contributed by atoms with E-state index in [4.69, 9.17) is 6.85 Å². The summed E-state index contributed by atoms with van der Waals surface area (Å²) in [6.45, 7) is -2.79. The monoisotopic (exact) mass is 476 g/mol. The first kappa shape index (κ1) is 17.3. The second kappa shape index (κ2) is 8.31. The summed E-state index contributed by atoms with van der Waals surface area (Å²) in [7, 11) is -3.43. The Balaban J connectivity index is 1.81. The van der Waals surface area contributed by atoms with Crippen LogP contribution < -0.4 is 10.9 Å². The summed E-state index contributed by atoms with van der Waals surface area (Å²) in [5, 5.41) is 13.8.